The van der Waals surface area contributed by atoms with Crippen molar-refractivity contribution in [2.45, 2.75) is 0 Å². The topological polar surface area (TPSA) is 89.0 Å². The van der Waals surface area contributed by atoms with Crippen LogP contribution in [0.15, 0.2) is 41.5 Å². The predicted octanol–water partition coefficient (Wildman–Crippen LogP) is 2.81. The van der Waals surface area contributed by atoms with Gasteiger partial charge in [0.1, 0.15) is 0 Å². The molecule has 0 atom stereocenters. The third-order valence-electron chi connectivity index (χ3n) is 3.18. The first kappa shape index (κ1) is 17.1. The van der Waals surface area contributed by atoms with Crippen molar-refractivity contribution >= 4 is 46.9 Å². The van der Waals surface area contributed by atoms with Crippen molar-refractivity contribution in [3.63, 3.8) is 0 Å². The molecule has 0 aliphatic carbocycles. The predicted molar refractivity (Wildman–Crippen MR) is 93.4 cm³/mol. The number of halogens is 2. The number of fused-ring (bicyclic) bond motifs is 1. The molecule has 1 aliphatic heterocycles. The highest BCUT2D eigenvalue weighted by atomic mass is 35.5. The Balaban J connectivity index is 1.58. The molecule has 2 aromatic rings. The molecular weight excluding hydrogens is 369 g/mol. The zero-order chi connectivity index (χ0) is 17.8. The van der Waals surface area contributed by atoms with E-state index < -0.39 is 11.8 Å². The van der Waals surface area contributed by atoms with E-state index in [0.29, 0.717) is 17.1 Å². The largest absolute Gasteiger partial charge is 0.454 e. The Morgan fingerprint density at radius 2 is 1.88 bits per heavy atom. The Bertz CT molecular complexity index is 870. The number of carbonyl (C=O) groups is 2. The van der Waals surface area contributed by atoms with Crippen LogP contribution < -0.4 is 20.2 Å². The molecule has 3 rings (SSSR count). The van der Waals surface area contributed by atoms with E-state index in [4.69, 9.17) is 32.7 Å². The van der Waals surface area contributed by atoms with Gasteiger partial charge in [-0.15, -0.1) is 0 Å². The molecule has 25 heavy (non-hydrogen) atoms. The molecular formula is C16H11Cl2N3O4. The number of hydrogen-bond acceptors (Lipinski definition) is 5. The van der Waals surface area contributed by atoms with Crippen LogP contribution in [0.4, 0.5) is 5.69 Å². The van der Waals surface area contributed by atoms with Gasteiger partial charge in [0, 0.05) is 0 Å². The van der Waals surface area contributed by atoms with Crippen molar-refractivity contribution in [1.29, 1.82) is 0 Å². The average Bonchev–Trinajstić information content (AvgIpc) is 3.06. The number of benzene rings is 2. The van der Waals surface area contributed by atoms with Crippen LogP contribution in [0.25, 0.3) is 0 Å². The van der Waals surface area contributed by atoms with Gasteiger partial charge >= 0.3 is 11.8 Å². The number of amides is 2. The van der Waals surface area contributed by atoms with Crippen molar-refractivity contribution in [3.8, 4) is 11.5 Å². The maximum atomic E-state index is 11.8. The maximum absolute atomic E-state index is 11.8. The first-order valence-electron chi connectivity index (χ1n) is 7.02. The summed E-state index contributed by atoms with van der Waals surface area (Å²) in [5.41, 5.74) is 3.02. The Morgan fingerprint density at radius 3 is 2.72 bits per heavy atom. The quantitative estimate of drug-likeness (QED) is 0.487. The second-order valence-corrected chi connectivity index (χ2v) is 5.65. The lowest BCUT2D eigenvalue weighted by Gasteiger charge is -2.06. The standard InChI is InChI=1S/C16H11Cl2N3O4/c17-10-2-1-3-11(14(10)18)20-15(22)16(23)21-19-7-9-4-5-12-13(6-9)25-8-24-12/h1-7H,8H2,(H,20,22)(H,21,23)/b19-7+. The minimum Gasteiger partial charge on any atom is -0.454 e. The number of nitrogens with zero attached hydrogens (tertiary/aromatic N) is 1. The molecule has 0 saturated heterocycles. The summed E-state index contributed by atoms with van der Waals surface area (Å²) < 4.78 is 10.4. The van der Waals surface area contributed by atoms with E-state index in [0.717, 1.165) is 0 Å². The lowest BCUT2D eigenvalue weighted by molar-refractivity contribution is -0.136. The SMILES string of the molecule is O=C(N/N=C/c1ccc2c(c1)OCO2)C(=O)Nc1cccc(Cl)c1Cl. The molecule has 0 spiro atoms. The van der Waals surface area contributed by atoms with Gasteiger partial charge in [0.15, 0.2) is 11.5 Å². The Labute approximate surface area is 152 Å². The summed E-state index contributed by atoms with van der Waals surface area (Å²) in [6.45, 7) is 0.166. The van der Waals surface area contributed by atoms with E-state index >= 15 is 0 Å². The summed E-state index contributed by atoms with van der Waals surface area (Å²) in [5, 5.41) is 6.50. The first-order valence-corrected chi connectivity index (χ1v) is 7.78. The summed E-state index contributed by atoms with van der Waals surface area (Å²) in [5.74, 6) is -0.650. The molecule has 1 aliphatic rings. The number of nitrogens with one attached hydrogen (secondary N) is 2. The lowest BCUT2D eigenvalue weighted by Crippen LogP contribution is -2.32. The number of rotatable bonds is 3. The molecule has 2 N–H and O–H groups in total. The van der Waals surface area contributed by atoms with Crippen LogP contribution in [0.3, 0.4) is 0 Å². The fourth-order valence-electron chi connectivity index (χ4n) is 1.99. The van der Waals surface area contributed by atoms with Gasteiger partial charge in [-0.2, -0.15) is 5.10 Å². The first-order chi connectivity index (χ1) is 12.0. The fraction of sp³-hybridized carbons (Fsp3) is 0.0625. The highest BCUT2D eigenvalue weighted by Gasteiger charge is 2.16. The minimum absolute atomic E-state index is 0.147. The van der Waals surface area contributed by atoms with Crippen molar-refractivity contribution in [1.82, 2.24) is 5.43 Å². The van der Waals surface area contributed by atoms with Gasteiger partial charge in [-0.1, -0.05) is 29.3 Å². The van der Waals surface area contributed by atoms with Gasteiger partial charge in [0.25, 0.3) is 0 Å². The molecule has 0 radical (unpaired) electrons. The average molecular weight is 380 g/mol. The van der Waals surface area contributed by atoms with E-state index in [1.807, 2.05) is 0 Å². The van der Waals surface area contributed by atoms with Crippen LogP contribution in [0.5, 0.6) is 11.5 Å². The molecule has 128 valence electrons. The molecule has 2 aromatic carbocycles. The van der Waals surface area contributed by atoms with E-state index in [1.54, 1.807) is 30.3 Å². The molecule has 0 aromatic heterocycles. The van der Waals surface area contributed by atoms with Crippen molar-refractivity contribution in [3.05, 3.63) is 52.0 Å². The number of carbonyl (C=O) groups excluding carboxylic acids is 2. The summed E-state index contributed by atoms with van der Waals surface area (Å²) in [6.07, 6.45) is 1.37. The molecule has 7 nitrogen and oxygen atoms in total. The van der Waals surface area contributed by atoms with Crippen LogP contribution in [0.2, 0.25) is 10.0 Å². The molecule has 1 heterocycles. The van der Waals surface area contributed by atoms with Gasteiger partial charge in [-0.25, -0.2) is 5.43 Å². The van der Waals surface area contributed by atoms with Crippen molar-refractivity contribution in [2.75, 3.05) is 12.1 Å². The number of ether oxygens (including phenoxy) is 2. The van der Waals surface area contributed by atoms with Crippen LogP contribution in [0.1, 0.15) is 5.56 Å². The molecule has 9 heteroatoms. The van der Waals surface area contributed by atoms with Crippen LogP contribution >= 0.6 is 23.2 Å². The monoisotopic (exact) mass is 379 g/mol. The van der Waals surface area contributed by atoms with E-state index in [-0.39, 0.29) is 22.5 Å². The third kappa shape index (κ3) is 4.01. The smallest absolute Gasteiger partial charge is 0.329 e. The second-order valence-electron chi connectivity index (χ2n) is 4.87. The highest BCUT2D eigenvalue weighted by molar-refractivity contribution is 6.45. The van der Waals surface area contributed by atoms with E-state index in [1.165, 1.54) is 12.3 Å². The van der Waals surface area contributed by atoms with Gasteiger partial charge in [-0.3, -0.25) is 9.59 Å². The number of hydrogen-bond donors (Lipinski definition) is 2. The zero-order valence-corrected chi connectivity index (χ0v) is 14.1. The maximum Gasteiger partial charge on any atom is 0.329 e. The van der Waals surface area contributed by atoms with Crippen LogP contribution in [-0.4, -0.2) is 24.8 Å². The zero-order valence-electron chi connectivity index (χ0n) is 12.6. The number of anilines is 1. The summed E-state index contributed by atoms with van der Waals surface area (Å²) in [7, 11) is 0. The lowest BCUT2D eigenvalue weighted by atomic mass is 10.2. The van der Waals surface area contributed by atoms with E-state index in [2.05, 4.69) is 15.8 Å². The third-order valence-corrected chi connectivity index (χ3v) is 4.00. The van der Waals surface area contributed by atoms with Crippen LogP contribution in [0, 0.1) is 0 Å². The van der Waals surface area contributed by atoms with Crippen molar-refractivity contribution < 1.29 is 19.1 Å². The second kappa shape index (κ2) is 7.42. The minimum atomic E-state index is -0.951. The van der Waals surface area contributed by atoms with Crippen molar-refractivity contribution in [2.24, 2.45) is 5.10 Å². The fourth-order valence-corrected chi connectivity index (χ4v) is 2.34. The molecule has 0 unspecified atom stereocenters. The Kier molecular flexibility index (Phi) is 5.06. The van der Waals surface area contributed by atoms with Gasteiger partial charge in [-0.05, 0) is 35.9 Å². The normalized spacial score (nSPS) is 12.2. The molecule has 0 fully saturated rings. The summed E-state index contributed by atoms with van der Waals surface area (Å²) >= 11 is 11.8. The van der Waals surface area contributed by atoms with Gasteiger partial charge in [0.2, 0.25) is 6.79 Å². The molecule has 0 bridgehead atoms. The van der Waals surface area contributed by atoms with Crippen LogP contribution in [-0.2, 0) is 9.59 Å². The van der Waals surface area contributed by atoms with Gasteiger partial charge < -0.3 is 14.8 Å². The molecule has 0 saturated carbocycles. The van der Waals surface area contributed by atoms with Gasteiger partial charge in [0.05, 0.1) is 21.9 Å². The highest BCUT2D eigenvalue weighted by Crippen LogP contribution is 2.32. The molecule has 2 amide bonds. The summed E-state index contributed by atoms with van der Waals surface area (Å²) in [6, 6.07) is 9.84. The van der Waals surface area contributed by atoms with E-state index in [9.17, 15) is 9.59 Å². The summed E-state index contributed by atoms with van der Waals surface area (Å²) in [4.78, 5) is 23.6. The Morgan fingerprint density at radius 1 is 1.08 bits per heavy atom. The number of hydrazone groups is 1. The Hall–Kier alpha value is -2.77.